The number of aromatic nitrogens is 1. The smallest absolute Gasteiger partial charge is 0.277 e. The fourth-order valence-corrected chi connectivity index (χ4v) is 5.12. The van der Waals surface area contributed by atoms with Gasteiger partial charge in [0.05, 0.1) is 25.3 Å². The van der Waals surface area contributed by atoms with Gasteiger partial charge in [-0.15, -0.1) is 0 Å². The summed E-state index contributed by atoms with van der Waals surface area (Å²) in [5.41, 5.74) is -2.92. The number of hydrogen-bond acceptors (Lipinski definition) is 6. The predicted molar refractivity (Wildman–Crippen MR) is 114 cm³/mol. The van der Waals surface area contributed by atoms with E-state index in [2.05, 4.69) is 5.32 Å². The van der Waals surface area contributed by atoms with Crippen LogP contribution in [0, 0.1) is 11.6 Å². The molecule has 5 rings (SSSR count). The number of carbonyl (C=O) groups is 2. The van der Waals surface area contributed by atoms with E-state index in [0.29, 0.717) is 13.0 Å². The van der Waals surface area contributed by atoms with Crippen molar-refractivity contribution in [1.82, 2.24) is 14.8 Å². The summed E-state index contributed by atoms with van der Waals surface area (Å²) in [6, 6.07) is 1.26. The highest BCUT2D eigenvalue weighted by Gasteiger charge is 2.60. The molecule has 2 fully saturated rings. The van der Waals surface area contributed by atoms with Crippen LogP contribution < -0.4 is 10.7 Å². The molecule has 3 atom stereocenters. The van der Waals surface area contributed by atoms with Gasteiger partial charge in [0.25, 0.3) is 11.8 Å². The lowest BCUT2D eigenvalue weighted by atomic mass is 9.92. The SMILES string of the molecule is C[C@@H]1COC23COCC[C@@H]2n2cc(C(=O)NCc4ccc(F)c(Cl)c4F)c(=O)c(O)c2C(=O)N13. The number of benzene rings is 1. The molecule has 1 unspecified atom stereocenters. The lowest BCUT2D eigenvalue weighted by molar-refractivity contribution is -0.185. The van der Waals surface area contributed by atoms with E-state index in [0.717, 1.165) is 12.1 Å². The second-order valence-corrected chi connectivity index (χ2v) is 8.91. The zero-order valence-electron chi connectivity index (χ0n) is 17.9. The summed E-state index contributed by atoms with van der Waals surface area (Å²) >= 11 is 5.57. The van der Waals surface area contributed by atoms with Crippen LogP contribution in [0.5, 0.6) is 5.75 Å². The third-order valence-corrected chi connectivity index (χ3v) is 6.90. The third kappa shape index (κ3) is 3.14. The average Bonchev–Trinajstić information content (AvgIpc) is 3.15. The van der Waals surface area contributed by atoms with Crippen LogP contribution in [0.3, 0.4) is 0 Å². The van der Waals surface area contributed by atoms with E-state index in [1.165, 1.54) is 15.7 Å². The van der Waals surface area contributed by atoms with Crippen molar-refractivity contribution in [2.45, 2.75) is 37.7 Å². The van der Waals surface area contributed by atoms with Crippen molar-refractivity contribution in [3.8, 4) is 5.75 Å². The van der Waals surface area contributed by atoms with E-state index in [4.69, 9.17) is 21.1 Å². The molecule has 1 aromatic carbocycles. The summed E-state index contributed by atoms with van der Waals surface area (Å²) in [5, 5.41) is 12.3. The normalized spacial score (nSPS) is 25.5. The fraction of sp³-hybridized carbons (Fsp3) is 0.409. The summed E-state index contributed by atoms with van der Waals surface area (Å²) < 4.78 is 40.6. The maximum absolute atomic E-state index is 14.2. The van der Waals surface area contributed by atoms with E-state index in [1.807, 2.05) is 0 Å². The number of halogens is 3. The zero-order valence-corrected chi connectivity index (χ0v) is 18.7. The van der Waals surface area contributed by atoms with Crippen molar-refractivity contribution >= 4 is 23.4 Å². The second kappa shape index (κ2) is 8.03. The molecule has 2 amide bonds. The molecule has 0 saturated carbocycles. The van der Waals surface area contributed by atoms with Gasteiger partial charge in [-0.25, -0.2) is 8.78 Å². The number of fused-ring (bicyclic) bond motifs is 2. The van der Waals surface area contributed by atoms with Crippen LogP contribution in [-0.2, 0) is 16.0 Å². The summed E-state index contributed by atoms with van der Waals surface area (Å²) in [6.45, 7) is 2.12. The molecular formula is C22H20ClF2N3O6. The van der Waals surface area contributed by atoms with Crippen LogP contribution in [0.15, 0.2) is 23.1 Å². The van der Waals surface area contributed by atoms with Gasteiger partial charge in [-0.1, -0.05) is 17.7 Å². The molecule has 2 aromatic rings. The van der Waals surface area contributed by atoms with E-state index >= 15 is 0 Å². The summed E-state index contributed by atoms with van der Waals surface area (Å²) in [4.78, 5) is 40.5. The van der Waals surface area contributed by atoms with E-state index in [-0.39, 0.29) is 37.1 Å². The molecule has 0 bridgehead atoms. The molecule has 3 aliphatic rings. The van der Waals surface area contributed by atoms with Gasteiger partial charge in [0.1, 0.15) is 22.2 Å². The quantitative estimate of drug-likeness (QED) is 0.630. The molecule has 34 heavy (non-hydrogen) atoms. The first-order chi connectivity index (χ1) is 16.2. The summed E-state index contributed by atoms with van der Waals surface area (Å²) in [5.74, 6) is -4.34. The van der Waals surface area contributed by atoms with Crippen molar-refractivity contribution in [2.75, 3.05) is 19.8 Å². The van der Waals surface area contributed by atoms with Crippen LogP contribution in [0.4, 0.5) is 8.78 Å². The van der Waals surface area contributed by atoms with Gasteiger partial charge in [-0.05, 0) is 19.4 Å². The van der Waals surface area contributed by atoms with E-state index in [1.54, 1.807) is 6.92 Å². The number of pyridine rings is 1. The molecule has 2 N–H and O–H groups in total. The number of nitrogens with zero attached hydrogens (tertiary/aromatic N) is 2. The maximum Gasteiger partial charge on any atom is 0.277 e. The maximum atomic E-state index is 14.2. The first-order valence-corrected chi connectivity index (χ1v) is 11.0. The van der Waals surface area contributed by atoms with Crippen LogP contribution >= 0.6 is 11.6 Å². The van der Waals surface area contributed by atoms with Crippen molar-refractivity contribution in [3.05, 3.63) is 62.0 Å². The van der Waals surface area contributed by atoms with Gasteiger partial charge in [-0.3, -0.25) is 19.3 Å². The molecule has 0 radical (unpaired) electrons. The molecule has 3 aliphatic heterocycles. The molecule has 0 aliphatic carbocycles. The van der Waals surface area contributed by atoms with Gasteiger partial charge in [0, 0.05) is 24.9 Å². The van der Waals surface area contributed by atoms with Crippen LogP contribution in [-0.4, -0.2) is 58.0 Å². The largest absolute Gasteiger partial charge is 0.503 e. The fourth-order valence-electron chi connectivity index (χ4n) is 4.94. The molecule has 180 valence electrons. The molecule has 9 nitrogen and oxygen atoms in total. The minimum absolute atomic E-state index is 0.0930. The minimum Gasteiger partial charge on any atom is -0.503 e. The van der Waals surface area contributed by atoms with Crippen molar-refractivity contribution in [3.63, 3.8) is 0 Å². The molecule has 1 aromatic heterocycles. The predicted octanol–water partition coefficient (Wildman–Crippen LogP) is 1.95. The Morgan fingerprint density at radius 3 is 2.88 bits per heavy atom. The van der Waals surface area contributed by atoms with Crippen LogP contribution in [0.25, 0.3) is 0 Å². The van der Waals surface area contributed by atoms with Crippen molar-refractivity contribution < 1.29 is 33.0 Å². The number of hydrogen-bond donors (Lipinski definition) is 2. The molecule has 2 saturated heterocycles. The van der Waals surface area contributed by atoms with Crippen molar-refractivity contribution in [2.24, 2.45) is 0 Å². The van der Waals surface area contributed by atoms with Gasteiger partial charge in [0.15, 0.2) is 17.2 Å². The lowest BCUT2D eigenvalue weighted by Crippen LogP contribution is -2.64. The number of amides is 2. The highest BCUT2D eigenvalue weighted by atomic mass is 35.5. The third-order valence-electron chi connectivity index (χ3n) is 6.55. The Kier molecular flexibility index (Phi) is 5.38. The van der Waals surface area contributed by atoms with E-state index in [9.17, 15) is 28.3 Å². The first kappa shape index (κ1) is 22.8. The highest BCUT2D eigenvalue weighted by Crippen LogP contribution is 2.47. The average molecular weight is 496 g/mol. The Labute approximate surface area is 196 Å². The number of ether oxygens (including phenoxy) is 2. The minimum atomic E-state index is -1.12. The molecule has 1 spiro atoms. The Morgan fingerprint density at radius 1 is 1.35 bits per heavy atom. The standard InChI is InChI=1S/C22H20ClF2N3O6/c1-10-8-34-22-9-33-5-4-14(22)27-7-12(18(29)19(30)17(27)21(32)28(10)22)20(31)26-6-11-2-3-13(24)15(23)16(11)25/h2-3,7,10,14,30H,4-6,8-9H2,1H3,(H,26,31)/t10-,14+,22?/m1/s1. The Balaban J connectivity index is 1.53. The van der Waals surface area contributed by atoms with Crippen LogP contribution in [0.2, 0.25) is 5.02 Å². The van der Waals surface area contributed by atoms with Gasteiger partial charge in [-0.2, -0.15) is 0 Å². The monoisotopic (exact) mass is 495 g/mol. The van der Waals surface area contributed by atoms with E-state index < -0.39 is 57.0 Å². The second-order valence-electron chi connectivity index (χ2n) is 8.53. The van der Waals surface area contributed by atoms with Gasteiger partial charge >= 0.3 is 0 Å². The first-order valence-electron chi connectivity index (χ1n) is 10.6. The Morgan fingerprint density at radius 2 is 2.12 bits per heavy atom. The summed E-state index contributed by atoms with van der Waals surface area (Å²) in [6.07, 6.45) is 1.62. The zero-order chi connectivity index (χ0) is 24.4. The van der Waals surface area contributed by atoms with Gasteiger partial charge < -0.3 is 24.5 Å². The Hall–Kier alpha value is -3.02. The van der Waals surface area contributed by atoms with Crippen LogP contribution in [0.1, 0.15) is 45.8 Å². The number of carbonyl (C=O) groups excluding carboxylic acids is 2. The Bertz CT molecular complexity index is 1280. The molecular weight excluding hydrogens is 476 g/mol. The number of aromatic hydroxyl groups is 1. The number of rotatable bonds is 3. The molecule has 4 heterocycles. The van der Waals surface area contributed by atoms with Crippen molar-refractivity contribution in [1.29, 1.82) is 0 Å². The number of nitrogens with one attached hydrogen (secondary N) is 1. The lowest BCUT2D eigenvalue weighted by Gasteiger charge is -2.50. The summed E-state index contributed by atoms with van der Waals surface area (Å²) in [7, 11) is 0. The molecule has 12 heteroatoms. The topological polar surface area (TPSA) is 110 Å². The highest BCUT2D eigenvalue weighted by molar-refractivity contribution is 6.30. The van der Waals surface area contributed by atoms with Gasteiger partial charge in [0.2, 0.25) is 5.43 Å².